The van der Waals surface area contributed by atoms with Gasteiger partial charge in [0, 0.05) is 35.9 Å². The fourth-order valence-corrected chi connectivity index (χ4v) is 2.47. The van der Waals surface area contributed by atoms with Crippen LogP contribution in [0.4, 0.5) is 5.69 Å². The summed E-state index contributed by atoms with van der Waals surface area (Å²) in [6.07, 6.45) is 3.79. The van der Waals surface area contributed by atoms with E-state index in [2.05, 4.69) is 10.3 Å². The summed E-state index contributed by atoms with van der Waals surface area (Å²) in [6.45, 7) is 0. The first-order valence-corrected chi connectivity index (χ1v) is 6.37. The van der Waals surface area contributed by atoms with E-state index < -0.39 is 0 Å². The number of nitrogens with one attached hydrogen (secondary N) is 2. The van der Waals surface area contributed by atoms with Crippen molar-refractivity contribution in [3.63, 3.8) is 0 Å². The number of anilines is 1. The van der Waals surface area contributed by atoms with E-state index in [0.717, 1.165) is 23.7 Å². The quantitative estimate of drug-likeness (QED) is 0.733. The van der Waals surface area contributed by atoms with Crippen LogP contribution in [0, 0.1) is 0 Å². The van der Waals surface area contributed by atoms with Crippen LogP contribution in [0.25, 0.3) is 10.9 Å². The molecule has 1 heterocycles. The van der Waals surface area contributed by atoms with Crippen molar-refractivity contribution in [3.8, 4) is 0 Å². The van der Waals surface area contributed by atoms with Crippen LogP contribution < -0.4 is 11.1 Å². The second-order valence-electron chi connectivity index (χ2n) is 5.01. The van der Waals surface area contributed by atoms with E-state index in [1.54, 1.807) is 19.4 Å². The molecule has 1 aliphatic carbocycles. The van der Waals surface area contributed by atoms with Crippen molar-refractivity contribution in [2.24, 2.45) is 0 Å². The maximum atomic E-state index is 12.2. The summed E-state index contributed by atoms with van der Waals surface area (Å²) >= 11 is 0. The molecule has 1 aromatic carbocycles. The van der Waals surface area contributed by atoms with Gasteiger partial charge in [-0.15, -0.1) is 0 Å². The van der Waals surface area contributed by atoms with Crippen molar-refractivity contribution in [1.29, 1.82) is 0 Å². The smallest absolute Gasteiger partial charge is 0.253 e. The first-order chi connectivity index (χ1) is 9.17. The first kappa shape index (κ1) is 12.0. The van der Waals surface area contributed by atoms with Crippen LogP contribution in [0.2, 0.25) is 0 Å². The molecule has 0 aliphatic heterocycles. The minimum atomic E-state index is -0.0458. The molecule has 0 bridgehead atoms. The Balaban J connectivity index is 1.75. The van der Waals surface area contributed by atoms with Gasteiger partial charge in [-0.05, 0) is 31.0 Å². The van der Waals surface area contributed by atoms with Crippen molar-refractivity contribution in [3.05, 3.63) is 30.0 Å². The number of hydrogen-bond acceptors (Lipinski definition) is 3. The molecule has 19 heavy (non-hydrogen) atoms. The standard InChI is InChI=1S/C14H17N3O2/c1-19-10-5-9(6-10)17-14(18)12-7-16-13-4-8(15)2-3-11(12)13/h2-4,7,9-10,16H,5-6,15H2,1H3,(H,17,18). The number of nitrogens with two attached hydrogens (primary N) is 1. The Hall–Kier alpha value is -2.01. The fraction of sp³-hybridized carbons (Fsp3) is 0.357. The van der Waals surface area contributed by atoms with Crippen LogP contribution in [0.5, 0.6) is 0 Å². The Kier molecular flexibility index (Phi) is 2.91. The first-order valence-electron chi connectivity index (χ1n) is 6.37. The number of rotatable bonds is 3. The summed E-state index contributed by atoms with van der Waals surface area (Å²) in [5, 5.41) is 3.92. The molecular weight excluding hydrogens is 242 g/mol. The highest BCUT2D eigenvalue weighted by atomic mass is 16.5. The number of aromatic nitrogens is 1. The van der Waals surface area contributed by atoms with Crippen LogP contribution in [-0.4, -0.2) is 30.1 Å². The highest BCUT2D eigenvalue weighted by molar-refractivity contribution is 6.07. The molecule has 1 fully saturated rings. The summed E-state index contributed by atoms with van der Waals surface area (Å²) in [5.41, 5.74) is 7.95. The minimum Gasteiger partial charge on any atom is -0.399 e. The van der Waals surface area contributed by atoms with E-state index in [-0.39, 0.29) is 18.1 Å². The number of fused-ring (bicyclic) bond motifs is 1. The van der Waals surface area contributed by atoms with E-state index in [4.69, 9.17) is 10.5 Å². The van der Waals surface area contributed by atoms with E-state index in [0.29, 0.717) is 11.3 Å². The van der Waals surface area contributed by atoms with Gasteiger partial charge in [0.25, 0.3) is 5.91 Å². The highest BCUT2D eigenvalue weighted by Crippen LogP contribution is 2.24. The second-order valence-corrected chi connectivity index (χ2v) is 5.01. The largest absolute Gasteiger partial charge is 0.399 e. The molecule has 0 saturated heterocycles. The Morgan fingerprint density at radius 2 is 2.26 bits per heavy atom. The zero-order valence-electron chi connectivity index (χ0n) is 10.8. The summed E-state index contributed by atoms with van der Waals surface area (Å²) in [7, 11) is 1.70. The monoisotopic (exact) mass is 259 g/mol. The molecule has 0 radical (unpaired) electrons. The molecule has 2 aromatic rings. The van der Waals surface area contributed by atoms with Crippen LogP contribution in [0.15, 0.2) is 24.4 Å². The van der Waals surface area contributed by atoms with Crippen molar-refractivity contribution < 1.29 is 9.53 Å². The third-order valence-electron chi connectivity index (χ3n) is 3.71. The summed E-state index contributed by atoms with van der Waals surface area (Å²) < 4.78 is 5.20. The maximum absolute atomic E-state index is 12.2. The molecule has 100 valence electrons. The SMILES string of the molecule is COC1CC(NC(=O)c2c[nH]c3cc(N)ccc23)C1. The Morgan fingerprint density at radius 3 is 3.00 bits per heavy atom. The molecule has 3 rings (SSSR count). The molecule has 0 atom stereocenters. The summed E-state index contributed by atoms with van der Waals surface area (Å²) in [4.78, 5) is 15.3. The van der Waals surface area contributed by atoms with Crippen molar-refractivity contribution in [1.82, 2.24) is 10.3 Å². The minimum absolute atomic E-state index is 0.0458. The lowest BCUT2D eigenvalue weighted by Gasteiger charge is -2.34. The highest BCUT2D eigenvalue weighted by Gasteiger charge is 2.30. The van der Waals surface area contributed by atoms with E-state index in [9.17, 15) is 4.79 Å². The topological polar surface area (TPSA) is 80.1 Å². The van der Waals surface area contributed by atoms with Gasteiger partial charge in [-0.3, -0.25) is 4.79 Å². The zero-order valence-corrected chi connectivity index (χ0v) is 10.8. The molecule has 4 N–H and O–H groups in total. The average molecular weight is 259 g/mol. The van der Waals surface area contributed by atoms with Gasteiger partial charge in [0.1, 0.15) is 0 Å². The second kappa shape index (κ2) is 4.59. The van der Waals surface area contributed by atoms with Gasteiger partial charge in [0.2, 0.25) is 0 Å². The lowest BCUT2D eigenvalue weighted by atomic mass is 9.89. The van der Waals surface area contributed by atoms with Gasteiger partial charge in [0.05, 0.1) is 11.7 Å². The van der Waals surface area contributed by atoms with Crippen LogP contribution >= 0.6 is 0 Å². The van der Waals surface area contributed by atoms with Crippen LogP contribution in [-0.2, 0) is 4.74 Å². The van der Waals surface area contributed by atoms with Gasteiger partial charge >= 0.3 is 0 Å². The predicted molar refractivity (Wildman–Crippen MR) is 74.0 cm³/mol. The number of methoxy groups -OCH3 is 1. The third-order valence-corrected chi connectivity index (χ3v) is 3.71. The number of benzene rings is 1. The molecular formula is C14H17N3O2. The fourth-order valence-electron chi connectivity index (χ4n) is 2.47. The van der Waals surface area contributed by atoms with Crippen LogP contribution in [0.3, 0.4) is 0 Å². The number of carbonyl (C=O) groups is 1. The van der Waals surface area contributed by atoms with E-state index >= 15 is 0 Å². The number of hydrogen-bond donors (Lipinski definition) is 3. The zero-order chi connectivity index (χ0) is 13.4. The summed E-state index contributed by atoms with van der Waals surface area (Å²) in [6, 6.07) is 5.72. The lowest BCUT2D eigenvalue weighted by molar-refractivity contribution is 0.0176. The van der Waals surface area contributed by atoms with Gasteiger partial charge in [0.15, 0.2) is 0 Å². The third kappa shape index (κ3) is 2.17. The predicted octanol–water partition coefficient (Wildman–Crippen LogP) is 1.66. The molecule has 1 amide bonds. The number of H-pyrrole nitrogens is 1. The van der Waals surface area contributed by atoms with Crippen LogP contribution in [0.1, 0.15) is 23.2 Å². The molecule has 0 unspecified atom stereocenters. The molecule has 0 spiro atoms. The molecule has 1 aliphatic rings. The average Bonchev–Trinajstić information content (AvgIpc) is 2.75. The van der Waals surface area contributed by atoms with E-state index in [1.165, 1.54) is 0 Å². The van der Waals surface area contributed by atoms with Crippen molar-refractivity contribution in [2.45, 2.75) is 25.0 Å². The van der Waals surface area contributed by atoms with Crippen molar-refractivity contribution in [2.75, 3.05) is 12.8 Å². The molecule has 5 nitrogen and oxygen atoms in total. The lowest BCUT2D eigenvalue weighted by Crippen LogP contribution is -2.47. The number of aromatic amines is 1. The molecule has 1 aromatic heterocycles. The van der Waals surface area contributed by atoms with Crippen molar-refractivity contribution >= 4 is 22.5 Å². The number of nitrogen functional groups attached to an aromatic ring is 1. The van der Waals surface area contributed by atoms with Gasteiger partial charge < -0.3 is 20.8 Å². The molecule has 5 heteroatoms. The summed E-state index contributed by atoms with van der Waals surface area (Å²) in [5.74, 6) is -0.0458. The Morgan fingerprint density at radius 1 is 1.47 bits per heavy atom. The maximum Gasteiger partial charge on any atom is 0.253 e. The normalized spacial score (nSPS) is 22.2. The Bertz CT molecular complexity index is 614. The van der Waals surface area contributed by atoms with Gasteiger partial charge in [-0.2, -0.15) is 0 Å². The van der Waals surface area contributed by atoms with Gasteiger partial charge in [-0.25, -0.2) is 0 Å². The van der Waals surface area contributed by atoms with Gasteiger partial charge in [-0.1, -0.05) is 0 Å². The number of ether oxygens (including phenoxy) is 1. The molecule has 1 saturated carbocycles. The number of carbonyl (C=O) groups excluding carboxylic acids is 1. The number of amides is 1. The Labute approximate surface area is 111 Å². The van der Waals surface area contributed by atoms with E-state index in [1.807, 2.05) is 12.1 Å².